The van der Waals surface area contributed by atoms with Gasteiger partial charge in [0.25, 0.3) is 5.91 Å². The van der Waals surface area contributed by atoms with E-state index in [-0.39, 0.29) is 5.91 Å². The van der Waals surface area contributed by atoms with Gasteiger partial charge in [-0.05, 0) is 35.5 Å². The van der Waals surface area contributed by atoms with Crippen LogP contribution in [0.4, 0.5) is 5.69 Å². The Morgan fingerprint density at radius 1 is 1.18 bits per heavy atom. The molecular formula is C16H17N3O2S. The zero-order valence-electron chi connectivity index (χ0n) is 12.3. The lowest BCUT2D eigenvalue weighted by atomic mass is 10.1. The molecule has 0 atom stereocenters. The van der Waals surface area contributed by atoms with Crippen LogP contribution in [0.1, 0.15) is 18.4 Å². The minimum Gasteiger partial charge on any atom is -0.371 e. The van der Waals surface area contributed by atoms with E-state index in [0.717, 1.165) is 24.3 Å². The second-order valence-corrected chi connectivity index (χ2v) is 6.24. The number of thioether (sulfide) groups is 1. The van der Waals surface area contributed by atoms with Crippen LogP contribution in [0.25, 0.3) is 6.08 Å². The molecule has 0 saturated carbocycles. The first-order valence-electron chi connectivity index (χ1n) is 7.20. The summed E-state index contributed by atoms with van der Waals surface area (Å²) in [6.07, 6.45) is 3.12. The third-order valence-corrected chi connectivity index (χ3v) is 4.73. The highest BCUT2D eigenvalue weighted by molar-refractivity contribution is 8.18. The van der Waals surface area contributed by atoms with Crippen molar-refractivity contribution < 1.29 is 9.59 Å². The number of anilines is 1. The normalized spacial score (nSPS) is 22.5. The predicted octanol–water partition coefficient (Wildman–Crippen LogP) is 2.05. The summed E-state index contributed by atoms with van der Waals surface area (Å²) < 4.78 is 0. The fourth-order valence-corrected chi connectivity index (χ4v) is 3.26. The summed E-state index contributed by atoms with van der Waals surface area (Å²) in [5.74, 6) is 0.236. The number of aliphatic imine (C=N–C) groups is 1. The van der Waals surface area contributed by atoms with Gasteiger partial charge in [0.15, 0.2) is 5.17 Å². The molecule has 22 heavy (non-hydrogen) atoms. The zero-order chi connectivity index (χ0) is 15.5. The molecule has 3 rings (SSSR count). The SMILES string of the molecule is CN=C1NC(=O)/C(=C/c2ccc(N3CCC(=O)CC3)cc2)S1. The Morgan fingerprint density at radius 2 is 1.86 bits per heavy atom. The van der Waals surface area contributed by atoms with Crippen molar-refractivity contribution in [2.45, 2.75) is 12.8 Å². The van der Waals surface area contributed by atoms with E-state index < -0.39 is 0 Å². The molecule has 0 aliphatic carbocycles. The summed E-state index contributed by atoms with van der Waals surface area (Å²) in [7, 11) is 1.66. The number of carbonyl (C=O) groups is 2. The van der Waals surface area contributed by atoms with E-state index in [1.54, 1.807) is 7.05 Å². The molecule has 6 heteroatoms. The van der Waals surface area contributed by atoms with Crippen LogP contribution in [-0.2, 0) is 9.59 Å². The third-order valence-electron chi connectivity index (χ3n) is 3.73. The average molecular weight is 315 g/mol. The van der Waals surface area contributed by atoms with Crippen molar-refractivity contribution in [1.29, 1.82) is 0 Å². The number of nitrogens with zero attached hydrogens (tertiary/aromatic N) is 2. The van der Waals surface area contributed by atoms with Crippen LogP contribution in [0.5, 0.6) is 0 Å². The third kappa shape index (κ3) is 3.22. The first kappa shape index (κ1) is 14.8. The summed E-state index contributed by atoms with van der Waals surface area (Å²) in [4.78, 5) is 29.9. The van der Waals surface area contributed by atoms with E-state index in [1.807, 2.05) is 30.3 Å². The fraction of sp³-hybridized carbons (Fsp3) is 0.312. The molecule has 0 bridgehead atoms. The summed E-state index contributed by atoms with van der Waals surface area (Å²) >= 11 is 1.35. The van der Waals surface area contributed by atoms with Crippen molar-refractivity contribution in [1.82, 2.24) is 5.32 Å². The van der Waals surface area contributed by atoms with Crippen LogP contribution >= 0.6 is 11.8 Å². The first-order valence-corrected chi connectivity index (χ1v) is 8.02. The number of hydrogen-bond acceptors (Lipinski definition) is 5. The van der Waals surface area contributed by atoms with Gasteiger partial charge in [-0.15, -0.1) is 0 Å². The molecule has 1 aromatic rings. The molecule has 0 unspecified atom stereocenters. The van der Waals surface area contributed by atoms with E-state index in [0.29, 0.717) is 28.7 Å². The van der Waals surface area contributed by atoms with Crippen molar-refractivity contribution in [3.05, 3.63) is 34.7 Å². The number of amides is 1. The largest absolute Gasteiger partial charge is 0.371 e. The van der Waals surface area contributed by atoms with Gasteiger partial charge in [0.05, 0.1) is 4.91 Å². The maximum absolute atomic E-state index is 11.8. The van der Waals surface area contributed by atoms with E-state index in [4.69, 9.17) is 0 Å². The minimum atomic E-state index is -0.107. The maximum atomic E-state index is 11.8. The number of Topliss-reactive ketones (excluding diaryl/α,β-unsaturated/α-hetero) is 1. The molecule has 1 aromatic carbocycles. The second-order valence-electron chi connectivity index (χ2n) is 5.21. The molecule has 0 radical (unpaired) electrons. The number of rotatable bonds is 2. The Hall–Kier alpha value is -2.08. The first-order chi connectivity index (χ1) is 10.7. The lowest BCUT2D eigenvalue weighted by Gasteiger charge is -2.28. The molecule has 0 aromatic heterocycles. The lowest BCUT2D eigenvalue weighted by Crippen LogP contribution is -2.33. The molecule has 0 spiro atoms. The summed E-state index contributed by atoms with van der Waals surface area (Å²) in [5.41, 5.74) is 2.10. The van der Waals surface area contributed by atoms with Crippen LogP contribution < -0.4 is 10.2 Å². The van der Waals surface area contributed by atoms with E-state index in [1.165, 1.54) is 11.8 Å². The molecule has 5 nitrogen and oxygen atoms in total. The monoisotopic (exact) mass is 315 g/mol. The van der Waals surface area contributed by atoms with Gasteiger partial charge in [-0.25, -0.2) is 0 Å². The zero-order valence-corrected chi connectivity index (χ0v) is 13.2. The topological polar surface area (TPSA) is 61.8 Å². The van der Waals surface area contributed by atoms with Gasteiger partial charge in [-0.1, -0.05) is 12.1 Å². The molecule has 1 amide bonds. The number of piperidine rings is 1. The van der Waals surface area contributed by atoms with Crippen LogP contribution in [0, 0.1) is 0 Å². The number of ketones is 1. The number of benzene rings is 1. The Balaban J connectivity index is 1.72. The molecule has 114 valence electrons. The molecule has 2 heterocycles. The van der Waals surface area contributed by atoms with Crippen molar-refractivity contribution >= 4 is 40.4 Å². The van der Waals surface area contributed by atoms with Gasteiger partial charge in [-0.2, -0.15) is 0 Å². The minimum absolute atomic E-state index is 0.107. The highest BCUT2D eigenvalue weighted by atomic mass is 32.2. The van der Waals surface area contributed by atoms with Crippen LogP contribution in [0.2, 0.25) is 0 Å². The average Bonchev–Trinajstić information content (AvgIpc) is 2.89. The van der Waals surface area contributed by atoms with E-state index in [2.05, 4.69) is 15.2 Å². The molecule has 1 N–H and O–H groups in total. The molecular weight excluding hydrogens is 298 g/mol. The lowest BCUT2D eigenvalue weighted by molar-refractivity contribution is -0.119. The van der Waals surface area contributed by atoms with Gasteiger partial charge < -0.3 is 10.2 Å². The number of nitrogens with one attached hydrogen (secondary N) is 1. The van der Waals surface area contributed by atoms with Crippen molar-refractivity contribution in [2.24, 2.45) is 4.99 Å². The van der Waals surface area contributed by atoms with Gasteiger partial charge in [0.1, 0.15) is 5.78 Å². The summed E-state index contributed by atoms with van der Waals surface area (Å²) in [6.45, 7) is 1.57. The quantitative estimate of drug-likeness (QED) is 0.849. The second kappa shape index (κ2) is 6.36. The molecule has 2 saturated heterocycles. The van der Waals surface area contributed by atoms with Gasteiger partial charge in [-0.3, -0.25) is 14.6 Å². The maximum Gasteiger partial charge on any atom is 0.264 e. The smallest absolute Gasteiger partial charge is 0.264 e. The number of amidine groups is 1. The highest BCUT2D eigenvalue weighted by Gasteiger charge is 2.23. The van der Waals surface area contributed by atoms with Crippen molar-refractivity contribution in [3.63, 3.8) is 0 Å². The standard InChI is InChI=1S/C16H17N3O2S/c1-17-16-18-15(21)14(22-16)10-11-2-4-12(5-3-11)19-8-6-13(20)7-9-19/h2-5,10H,6-9H2,1H3,(H,17,18,21)/b14-10-. The molecule has 2 aliphatic rings. The van der Waals surface area contributed by atoms with Crippen LogP contribution in [0.15, 0.2) is 34.2 Å². The number of hydrogen-bond donors (Lipinski definition) is 1. The van der Waals surface area contributed by atoms with Crippen molar-refractivity contribution in [3.8, 4) is 0 Å². The van der Waals surface area contributed by atoms with Crippen LogP contribution in [-0.4, -0.2) is 37.0 Å². The Labute approximate surface area is 133 Å². The fourth-order valence-electron chi connectivity index (χ4n) is 2.48. The molecule has 2 fully saturated rings. The van der Waals surface area contributed by atoms with Crippen molar-refractivity contribution in [2.75, 3.05) is 25.0 Å². The molecule has 2 aliphatic heterocycles. The van der Waals surface area contributed by atoms with Gasteiger partial charge in [0.2, 0.25) is 0 Å². The predicted molar refractivity (Wildman–Crippen MR) is 90.0 cm³/mol. The summed E-state index contributed by atoms with van der Waals surface area (Å²) in [5, 5.41) is 3.34. The van der Waals surface area contributed by atoms with Crippen LogP contribution in [0.3, 0.4) is 0 Å². The van der Waals surface area contributed by atoms with Gasteiger partial charge >= 0.3 is 0 Å². The van der Waals surface area contributed by atoms with E-state index in [9.17, 15) is 9.59 Å². The van der Waals surface area contributed by atoms with Gasteiger partial charge in [0, 0.05) is 38.7 Å². The summed E-state index contributed by atoms with van der Waals surface area (Å²) in [6, 6.07) is 8.06. The highest BCUT2D eigenvalue weighted by Crippen LogP contribution is 2.26. The van der Waals surface area contributed by atoms with E-state index >= 15 is 0 Å². The number of carbonyl (C=O) groups excluding carboxylic acids is 2. The Kier molecular flexibility index (Phi) is 4.29. The Morgan fingerprint density at radius 3 is 2.45 bits per heavy atom. The Bertz CT molecular complexity index is 654.